The molecule has 0 bridgehead atoms. The van der Waals surface area contributed by atoms with E-state index in [0.29, 0.717) is 17.0 Å². The summed E-state index contributed by atoms with van der Waals surface area (Å²) < 4.78 is 0. The fourth-order valence-electron chi connectivity index (χ4n) is 1.85. The lowest BCUT2D eigenvalue weighted by Crippen LogP contribution is -2.20. The largest absolute Gasteiger partial charge is 0.367 e. The maximum Gasteiger partial charge on any atom is 0.230 e. The van der Waals surface area contributed by atoms with Crippen LogP contribution in [0.15, 0.2) is 29.4 Å². The number of carbonyl (C=O) groups excluding carboxylic acids is 1. The molecule has 3 rings (SSSR count). The van der Waals surface area contributed by atoms with Crippen LogP contribution in [0.5, 0.6) is 0 Å². The van der Waals surface area contributed by atoms with E-state index in [1.807, 2.05) is 24.3 Å². The van der Waals surface area contributed by atoms with Gasteiger partial charge in [0.05, 0.1) is 11.3 Å². The van der Waals surface area contributed by atoms with E-state index in [1.165, 1.54) is 24.6 Å². The van der Waals surface area contributed by atoms with E-state index in [0.717, 1.165) is 16.7 Å². The monoisotopic (exact) mass is 288 g/mol. The number of hydrogen-bond donors (Lipinski definition) is 2. The third kappa shape index (κ3) is 3.01. The van der Waals surface area contributed by atoms with Crippen LogP contribution in [0.3, 0.4) is 0 Å². The zero-order valence-corrected chi connectivity index (χ0v) is 12.0. The minimum atomic E-state index is -0.0246. The first kappa shape index (κ1) is 13.2. The molecule has 1 aromatic heterocycles. The summed E-state index contributed by atoms with van der Waals surface area (Å²) in [5.74, 6) is 1.18. The highest BCUT2D eigenvalue weighted by atomic mass is 32.2. The van der Waals surface area contributed by atoms with Crippen LogP contribution in [-0.2, 0) is 4.79 Å². The molecule has 0 atom stereocenters. The van der Waals surface area contributed by atoms with Gasteiger partial charge in [-0.1, -0.05) is 23.9 Å². The van der Waals surface area contributed by atoms with E-state index in [1.54, 1.807) is 7.05 Å². The first-order valence-corrected chi connectivity index (χ1v) is 7.61. The molecule has 1 aliphatic rings. The van der Waals surface area contributed by atoms with Crippen LogP contribution in [0.25, 0.3) is 10.9 Å². The van der Waals surface area contributed by atoms with Gasteiger partial charge in [0.25, 0.3) is 0 Å². The molecule has 0 radical (unpaired) electrons. The smallest absolute Gasteiger partial charge is 0.230 e. The van der Waals surface area contributed by atoms with Gasteiger partial charge in [0, 0.05) is 18.5 Å². The number of thioether (sulfide) groups is 1. The summed E-state index contributed by atoms with van der Waals surface area (Å²) in [6.07, 6.45) is 2.39. The third-order valence-electron chi connectivity index (χ3n) is 3.11. The van der Waals surface area contributed by atoms with E-state index in [4.69, 9.17) is 0 Å². The number of rotatable bonds is 5. The second-order valence-electron chi connectivity index (χ2n) is 4.75. The summed E-state index contributed by atoms with van der Waals surface area (Å²) >= 11 is 1.36. The molecule has 2 N–H and O–H groups in total. The number of carbonyl (C=O) groups is 1. The second-order valence-corrected chi connectivity index (χ2v) is 5.69. The fraction of sp³-hybridized carbons (Fsp3) is 0.357. The van der Waals surface area contributed by atoms with Crippen LogP contribution in [0.1, 0.15) is 12.8 Å². The first-order valence-electron chi connectivity index (χ1n) is 6.63. The van der Waals surface area contributed by atoms with Crippen LogP contribution < -0.4 is 10.6 Å². The van der Waals surface area contributed by atoms with Gasteiger partial charge in [-0.05, 0) is 25.0 Å². The summed E-state index contributed by atoms with van der Waals surface area (Å²) in [5.41, 5.74) is 0.907. The van der Waals surface area contributed by atoms with Crippen molar-refractivity contribution in [2.75, 3.05) is 18.1 Å². The molecule has 20 heavy (non-hydrogen) atoms. The molecule has 1 saturated carbocycles. The summed E-state index contributed by atoms with van der Waals surface area (Å²) in [4.78, 5) is 20.4. The van der Waals surface area contributed by atoms with Gasteiger partial charge in [0.2, 0.25) is 5.91 Å². The van der Waals surface area contributed by atoms with Gasteiger partial charge in [-0.25, -0.2) is 9.97 Å². The number of anilines is 1. The van der Waals surface area contributed by atoms with Gasteiger partial charge in [0.15, 0.2) is 5.16 Å². The Morgan fingerprint density at radius 1 is 1.35 bits per heavy atom. The molecule has 0 unspecified atom stereocenters. The summed E-state index contributed by atoms with van der Waals surface area (Å²) in [5, 5.41) is 7.70. The Labute approximate surface area is 121 Å². The van der Waals surface area contributed by atoms with Gasteiger partial charge in [-0.2, -0.15) is 0 Å². The van der Waals surface area contributed by atoms with Crippen LogP contribution in [0, 0.1) is 0 Å². The van der Waals surface area contributed by atoms with Gasteiger partial charge in [0.1, 0.15) is 5.82 Å². The molecule has 0 saturated heterocycles. The van der Waals surface area contributed by atoms with E-state index in [9.17, 15) is 4.79 Å². The van der Waals surface area contributed by atoms with Crippen molar-refractivity contribution in [3.63, 3.8) is 0 Å². The second kappa shape index (κ2) is 5.66. The van der Waals surface area contributed by atoms with Gasteiger partial charge < -0.3 is 10.6 Å². The lowest BCUT2D eigenvalue weighted by Gasteiger charge is -2.09. The van der Waals surface area contributed by atoms with Crippen molar-refractivity contribution in [3.8, 4) is 0 Å². The van der Waals surface area contributed by atoms with Crippen molar-refractivity contribution < 1.29 is 4.79 Å². The topological polar surface area (TPSA) is 66.9 Å². The van der Waals surface area contributed by atoms with Crippen molar-refractivity contribution in [2.45, 2.75) is 24.0 Å². The van der Waals surface area contributed by atoms with E-state index >= 15 is 0 Å². The highest BCUT2D eigenvalue weighted by molar-refractivity contribution is 7.99. The lowest BCUT2D eigenvalue weighted by molar-refractivity contribution is -0.118. The number of aromatic nitrogens is 2. The molecule has 1 aliphatic carbocycles. The Balaban J connectivity index is 1.89. The Hall–Kier alpha value is -1.82. The average Bonchev–Trinajstić information content (AvgIpc) is 3.28. The molecule has 1 fully saturated rings. The predicted molar refractivity (Wildman–Crippen MR) is 81.0 cm³/mol. The molecule has 2 aromatic rings. The molecular formula is C14H16N4OS. The molecule has 104 valence electrons. The van der Waals surface area contributed by atoms with Crippen molar-refractivity contribution in [1.82, 2.24) is 15.3 Å². The van der Waals surface area contributed by atoms with Crippen molar-refractivity contribution in [2.24, 2.45) is 0 Å². The Morgan fingerprint density at radius 2 is 2.15 bits per heavy atom. The van der Waals surface area contributed by atoms with Gasteiger partial charge in [-0.15, -0.1) is 0 Å². The maximum absolute atomic E-state index is 11.3. The summed E-state index contributed by atoms with van der Waals surface area (Å²) in [6.45, 7) is 0. The van der Waals surface area contributed by atoms with Crippen molar-refractivity contribution in [1.29, 1.82) is 0 Å². The number of benzene rings is 1. The number of hydrogen-bond acceptors (Lipinski definition) is 5. The van der Waals surface area contributed by atoms with Crippen LogP contribution in [-0.4, -0.2) is 34.7 Å². The predicted octanol–water partition coefficient (Wildman–Crippen LogP) is 2.04. The molecular weight excluding hydrogens is 272 g/mol. The number of fused-ring (bicyclic) bond motifs is 1. The minimum absolute atomic E-state index is 0.0246. The number of nitrogens with one attached hydrogen (secondary N) is 2. The highest BCUT2D eigenvalue weighted by Crippen LogP contribution is 2.29. The van der Waals surface area contributed by atoms with Gasteiger partial charge >= 0.3 is 0 Å². The van der Waals surface area contributed by atoms with Crippen molar-refractivity contribution >= 4 is 34.4 Å². The highest BCUT2D eigenvalue weighted by Gasteiger charge is 2.22. The van der Waals surface area contributed by atoms with E-state index in [-0.39, 0.29) is 5.91 Å². The van der Waals surface area contributed by atoms with E-state index in [2.05, 4.69) is 20.6 Å². The van der Waals surface area contributed by atoms with Crippen LogP contribution in [0.2, 0.25) is 0 Å². The molecule has 6 heteroatoms. The SMILES string of the molecule is CNC(=O)CSc1nc(NC2CC2)c2ccccc2n1. The fourth-order valence-corrected chi connectivity index (χ4v) is 2.58. The Morgan fingerprint density at radius 3 is 2.90 bits per heavy atom. The molecule has 5 nitrogen and oxygen atoms in total. The number of nitrogens with zero attached hydrogens (tertiary/aromatic N) is 2. The maximum atomic E-state index is 11.3. The third-order valence-corrected chi connectivity index (χ3v) is 3.96. The lowest BCUT2D eigenvalue weighted by atomic mass is 10.2. The standard InChI is InChI=1S/C14H16N4OS/c1-15-12(19)8-20-14-17-11-5-3-2-4-10(11)13(18-14)16-9-6-7-9/h2-5,9H,6-8H2,1H3,(H,15,19)(H,16,17,18). The quantitative estimate of drug-likeness (QED) is 0.651. The van der Waals surface area contributed by atoms with Crippen LogP contribution >= 0.6 is 11.8 Å². The van der Waals surface area contributed by atoms with Crippen molar-refractivity contribution in [3.05, 3.63) is 24.3 Å². The summed E-state index contributed by atoms with van der Waals surface area (Å²) in [7, 11) is 1.63. The average molecular weight is 288 g/mol. The minimum Gasteiger partial charge on any atom is -0.367 e. The number of para-hydroxylation sites is 1. The summed E-state index contributed by atoms with van der Waals surface area (Å²) in [6, 6.07) is 8.47. The molecule has 1 heterocycles. The first-order chi connectivity index (χ1) is 9.76. The van der Waals surface area contributed by atoms with Crippen LogP contribution in [0.4, 0.5) is 5.82 Å². The van der Waals surface area contributed by atoms with Gasteiger partial charge in [-0.3, -0.25) is 4.79 Å². The zero-order chi connectivity index (χ0) is 13.9. The van der Waals surface area contributed by atoms with E-state index < -0.39 is 0 Å². The Bertz CT molecular complexity index is 642. The molecule has 1 aromatic carbocycles. The zero-order valence-electron chi connectivity index (χ0n) is 11.2. The number of amides is 1. The molecule has 0 aliphatic heterocycles. The molecule has 1 amide bonds. The molecule has 0 spiro atoms. The Kier molecular flexibility index (Phi) is 3.73. The normalized spacial score (nSPS) is 14.2.